The van der Waals surface area contributed by atoms with Gasteiger partial charge in [0.25, 0.3) is 0 Å². The van der Waals surface area contributed by atoms with E-state index in [0.29, 0.717) is 13.2 Å². The van der Waals surface area contributed by atoms with Crippen LogP contribution in [0.2, 0.25) is 0 Å². The standard InChI is InChI=1S/C22H30O3/c1-3-5-13-24-17-18-9-7-10-19(15-18)22(23)20-11-8-12-21(16-20)25-14-6-4-2/h7-12,15-16,22-23H,3-6,13-14,17H2,1-2H3. The highest BCUT2D eigenvalue weighted by atomic mass is 16.5. The summed E-state index contributed by atoms with van der Waals surface area (Å²) in [6.45, 7) is 6.37. The zero-order valence-corrected chi connectivity index (χ0v) is 15.4. The van der Waals surface area contributed by atoms with E-state index in [4.69, 9.17) is 9.47 Å². The molecule has 3 nitrogen and oxygen atoms in total. The van der Waals surface area contributed by atoms with Gasteiger partial charge in [0.1, 0.15) is 11.9 Å². The van der Waals surface area contributed by atoms with Crippen LogP contribution in [-0.2, 0) is 11.3 Å². The summed E-state index contributed by atoms with van der Waals surface area (Å²) >= 11 is 0. The summed E-state index contributed by atoms with van der Waals surface area (Å²) in [5.74, 6) is 0.809. The van der Waals surface area contributed by atoms with Gasteiger partial charge < -0.3 is 14.6 Å². The second kappa shape index (κ2) is 10.9. The summed E-state index contributed by atoms with van der Waals surface area (Å²) in [6.07, 6.45) is 3.69. The lowest BCUT2D eigenvalue weighted by Crippen LogP contribution is -2.03. The third kappa shape index (κ3) is 6.52. The van der Waals surface area contributed by atoms with Gasteiger partial charge in [0.15, 0.2) is 0 Å². The van der Waals surface area contributed by atoms with Crippen molar-refractivity contribution in [3.05, 3.63) is 65.2 Å². The quantitative estimate of drug-likeness (QED) is 0.566. The molecule has 0 aliphatic rings. The highest BCUT2D eigenvalue weighted by Gasteiger charge is 2.12. The molecule has 0 saturated heterocycles. The Morgan fingerprint density at radius 3 is 2.32 bits per heavy atom. The second-order valence-corrected chi connectivity index (χ2v) is 6.33. The molecule has 0 amide bonds. The van der Waals surface area contributed by atoms with Gasteiger partial charge in [-0.3, -0.25) is 0 Å². The van der Waals surface area contributed by atoms with E-state index in [2.05, 4.69) is 13.8 Å². The molecule has 0 fully saturated rings. The van der Waals surface area contributed by atoms with Crippen LogP contribution in [0.4, 0.5) is 0 Å². The molecule has 3 heteroatoms. The van der Waals surface area contributed by atoms with E-state index in [1.54, 1.807) is 0 Å². The smallest absolute Gasteiger partial charge is 0.119 e. The van der Waals surface area contributed by atoms with Crippen molar-refractivity contribution in [3.63, 3.8) is 0 Å². The van der Waals surface area contributed by atoms with Crippen molar-refractivity contribution in [1.82, 2.24) is 0 Å². The normalized spacial score (nSPS) is 12.1. The Morgan fingerprint density at radius 2 is 1.56 bits per heavy atom. The number of hydrogen-bond donors (Lipinski definition) is 1. The summed E-state index contributed by atoms with van der Waals surface area (Å²) in [5, 5.41) is 10.7. The van der Waals surface area contributed by atoms with Crippen molar-refractivity contribution in [3.8, 4) is 5.75 Å². The van der Waals surface area contributed by atoms with Crippen LogP contribution in [0.25, 0.3) is 0 Å². The number of unbranched alkanes of at least 4 members (excludes halogenated alkanes) is 2. The first-order valence-corrected chi connectivity index (χ1v) is 9.32. The van der Waals surface area contributed by atoms with Gasteiger partial charge in [-0.15, -0.1) is 0 Å². The predicted octanol–water partition coefficient (Wildman–Crippen LogP) is 5.26. The van der Waals surface area contributed by atoms with Crippen molar-refractivity contribution < 1.29 is 14.6 Å². The fraction of sp³-hybridized carbons (Fsp3) is 0.455. The monoisotopic (exact) mass is 342 g/mol. The van der Waals surface area contributed by atoms with Crippen LogP contribution in [0.1, 0.15) is 62.3 Å². The van der Waals surface area contributed by atoms with Gasteiger partial charge in [0.2, 0.25) is 0 Å². The Labute approximate surface area is 151 Å². The van der Waals surface area contributed by atoms with Crippen LogP contribution in [0.15, 0.2) is 48.5 Å². The average Bonchev–Trinajstić information content (AvgIpc) is 2.65. The summed E-state index contributed by atoms with van der Waals surface area (Å²) < 4.78 is 11.4. The summed E-state index contributed by atoms with van der Waals surface area (Å²) in [6, 6.07) is 15.7. The minimum absolute atomic E-state index is 0.584. The van der Waals surface area contributed by atoms with Crippen LogP contribution in [0.5, 0.6) is 5.75 Å². The largest absolute Gasteiger partial charge is 0.494 e. The van der Waals surface area contributed by atoms with Crippen molar-refractivity contribution in [1.29, 1.82) is 0 Å². The van der Waals surface area contributed by atoms with Gasteiger partial charge in [-0.2, -0.15) is 0 Å². The van der Waals surface area contributed by atoms with E-state index in [0.717, 1.165) is 54.7 Å². The van der Waals surface area contributed by atoms with Crippen LogP contribution in [0, 0.1) is 0 Å². The summed E-state index contributed by atoms with van der Waals surface area (Å²) in [7, 11) is 0. The molecular formula is C22H30O3. The number of hydrogen-bond acceptors (Lipinski definition) is 3. The van der Waals surface area contributed by atoms with Crippen LogP contribution < -0.4 is 4.74 Å². The topological polar surface area (TPSA) is 38.7 Å². The molecule has 0 heterocycles. The molecule has 1 atom stereocenters. The molecule has 2 aromatic rings. The van der Waals surface area contributed by atoms with E-state index in [-0.39, 0.29) is 0 Å². The Kier molecular flexibility index (Phi) is 8.50. The zero-order chi connectivity index (χ0) is 17.9. The van der Waals surface area contributed by atoms with Gasteiger partial charge in [0.05, 0.1) is 13.2 Å². The van der Waals surface area contributed by atoms with Crippen molar-refractivity contribution in [2.45, 2.75) is 52.2 Å². The lowest BCUT2D eigenvalue weighted by molar-refractivity contribution is 0.118. The predicted molar refractivity (Wildman–Crippen MR) is 102 cm³/mol. The lowest BCUT2D eigenvalue weighted by atomic mass is 10.00. The Bertz CT molecular complexity index is 624. The molecule has 25 heavy (non-hydrogen) atoms. The highest BCUT2D eigenvalue weighted by molar-refractivity contribution is 5.36. The molecular weight excluding hydrogens is 312 g/mol. The number of aliphatic hydroxyl groups excluding tert-OH is 1. The molecule has 2 aromatic carbocycles. The Hall–Kier alpha value is -1.84. The van der Waals surface area contributed by atoms with Crippen LogP contribution >= 0.6 is 0 Å². The van der Waals surface area contributed by atoms with Gasteiger partial charge in [-0.05, 0) is 41.7 Å². The minimum Gasteiger partial charge on any atom is -0.494 e. The maximum absolute atomic E-state index is 10.7. The third-order valence-electron chi connectivity index (χ3n) is 4.12. The fourth-order valence-electron chi connectivity index (χ4n) is 2.59. The van der Waals surface area contributed by atoms with Crippen molar-refractivity contribution in [2.24, 2.45) is 0 Å². The molecule has 136 valence electrons. The Morgan fingerprint density at radius 1 is 0.880 bits per heavy atom. The number of ether oxygens (including phenoxy) is 2. The third-order valence-corrected chi connectivity index (χ3v) is 4.12. The Balaban J connectivity index is 2.01. The SMILES string of the molecule is CCCCOCc1cccc(C(O)c2cccc(OCCCC)c2)c1. The first-order chi connectivity index (χ1) is 12.2. The molecule has 0 spiro atoms. The van der Waals surface area contributed by atoms with Gasteiger partial charge >= 0.3 is 0 Å². The molecule has 0 saturated carbocycles. The van der Waals surface area contributed by atoms with Gasteiger partial charge in [0, 0.05) is 6.61 Å². The molecule has 1 N–H and O–H groups in total. The molecule has 0 radical (unpaired) electrons. The average molecular weight is 342 g/mol. The lowest BCUT2D eigenvalue weighted by Gasteiger charge is -2.14. The van der Waals surface area contributed by atoms with E-state index in [1.807, 2.05) is 48.5 Å². The molecule has 0 bridgehead atoms. The number of aliphatic hydroxyl groups is 1. The maximum atomic E-state index is 10.7. The first-order valence-electron chi connectivity index (χ1n) is 9.32. The number of benzene rings is 2. The first kappa shape index (κ1) is 19.5. The summed E-state index contributed by atoms with van der Waals surface area (Å²) in [5.41, 5.74) is 2.81. The van der Waals surface area contributed by atoms with E-state index in [9.17, 15) is 5.11 Å². The maximum Gasteiger partial charge on any atom is 0.119 e. The molecule has 0 aliphatic heterocycles. The molecule has 0 aromatic heterocycles. The fourth-order valence-corrected chi connectivity index (χ4v) is 2.59. The van der Waals surface area contributed by atoms with Gasteiger partial charge in [-0.25, -0.2) is 0 Å². The van der Waals surface area contributed by atoms with Gasteiger partial charge in [-0.1, -0.05) is 63.1 Å². The van der Waals surface area contributed by atoms with E-state index >= 15 is 0 Å². The molecule has 2 rings (SSSR count). The second-order valence-electron chi connectivity index (χ2n) is 6.33. The van der Waals surface area contributed by atoms with Crippen molar-refractivity contribution >= 4 is 0 Å². The van der Waals surface area contributed by atoms with Crippen LogP contribution in [-0.4, -0.2) is 18.3 Å². The highest BCUT2D eigenvalue weighted by Crippen LogP contribution is 2.26. The summed E-state index contributed by atoms with van der Waals surface area (Å²) in [4.78, 5) is 0. The molecule has 1 unspecified atom stereocenters. The molecule has 0 aliphatic carbocycles. The van der Waals surface area contributed by atoms with E-state index in [1.165, 1.54) is 0 Å². The zero-order valence-electron chi connectivity index (χ0n) is 15.4. The minimum atomic E-state index is -0.662. The van der Waals surface area contributed by atoms with E-state index < -0.39 is 6.10 Å². The van der Waals surface area contributed by atoms with Crippen LogP contribution in [0.3, 0.4) is 0 Å². The van der Waals surface area contributed by atoms with Crippen molar-refractivity contribution in [2.75, 3.05) is 13.2 Å². The number of rotatable bonds is 11.